The summed E-state index contributed by atoms with van der Waals surface area (Å²) < 4.78 is 96.4. The van der Waals surface area contributed by atoms with E-state index in [2.05, 4.69) is 24.3 Å². The smallest absolute Gasteiger partial charge is 0.418 e. The summed E-state index contributed by atoms with van der Waals surface area (Å²) in [6.45, 7) is 7.89. The molecule has 0 aromatic carbocycles. The molecule has 0 N–H and O–H groups in total. The zero-order valence-corrected chi connectivity index (χ0v) is 24.5. The van der Waals surface area contributed by atoms with E-state index < -0.39 is 34.9 Å². The van der Waals surface area contributed by atoms with Crippen LogP contribution in [0.3, 0.4) is 0 Å². The summed E-state index contributed by atoms with van der Waals surface area (Å²) in [7, 11) is -8.23. The minimum atomic E-state index is -6.00. The molecule has 4 aliphatic rings. The molecule has 36 heavy (non-hydrogen) atoms. The van der Waals surface area contributed by atoms with Crippen molar-refractivity contribution in [3.63, 3.8) is 0 Å². The number of allylic oxidation sites excluding steroid dienone is 6. The molecule has 4 unspecified atom stereocenters. The van der Waals surface area contributed by atoms with Gasteiger partial charge in [0.2, 0.25) is 0 Å². The van der Waals surface area contributed by atoms with E-state index in [0.29, 0.717) is 0 Å². The Bertz CT molecular complexity index is 717. The van der Waals surface area contributed by atoms with Crippen molar-refractivity contribution in [3.05, 3.63) is 34.9 Å². The molecule has 2 saturated heterocycles. The van der Waals surface area contributed by atoms with Gasteiger partial charge in [0, 0.05) is 30.1 Å². The topological polar surface area (TPSA) is 0 Å². The molecule has 0 spiro atoms. The van der Waals surface area contributed by atoms with Crippen LogP contribution in [0.1, 0.15) is 79.1 Å². The van der Waals surface area contributed by atoms with Gasteiger partial charge in [0.1, 0.15) is 0 Å². The van der Waals surface area contributed by atoms with Crippen LogP contribution in [0, 0.1) is 0 Å². The summed E-state index contributed by atoms with van der Waals surface area (Å²) in [5.74, 6) is -7.80. The number of hydrogen-bond acceptors (Lipinski definition) is 0. The van der Waals surface area contributed by atoms with Gasteiger partial charge in [-0.3, -0.25) is 0 Å². The Labute approximate surface area is 225 Å². The van der Waals surface area contributed by atoms with Crippen LogP contribution in [-0.2, 0) is 19.5 Å². The summed E-state index contributed by atoms with van der Waals surface area (Å²) in [4.78, 5) is 0. The minimum Gasteiger partial charge on any atom is -0.418 e. The van der Waals surface area contributed by atoms with Crippen LogP contribution < -0.4 is 0 Å². The molecule has 211 valence electrons. The fourth-order valence-corrected chi connectivity index (χ4v) is 12.8. The monoisotopic (exact) mass is 652 g/mol. The van der Waals surface area contributed by atoms with Crippen molar-refractivity contribution in [2.24, 2.45) is 0 Å². The zero-order valence-electron chi connectivity index (χ0n) is 21.1. The second kappa shape index (κ2) is 14.0. The third-order valence-electron chi connectivity index (χ3n) is 6.98. The first-order chi connectivity index (χ1) is 16.1. The van der Waals surface area contributed by atoms with Gasteiger partial charge in [-0.15, -0.1) is 0 Å². The second-order valence-electron chi connectivity index (χ2n) is 9.82. The summed E-state index contributed by atoms with van der Waals surface area (Å²) in [6.07, 6.45) is 17.6. The molecular formula is C24H36BF8P2Rh-. The predicted molar refractivity (Wildman–Crippen MR) is 134 cm³/mol. The van der Waals surface area contributed by atoms with Gasteiger partial charge in [-0.2, -0.15) is 17.6 Å². The normalized spacial score (nSPS) is 34.8. The Kier molecular flexibility index (Phi) is 13.3. The molecule has 0 aromatic rings. The standard InChI is InChI=1S/C16H24F4P2.C8H12.BF4.Rh/c1-9-5-6-10(2)21(9)13-14(16(19,20)15(13,17)18)22-11(3)7-8-12(22)4;1-2-4-6-8-7-5-3-1;2-1(3,4)5;/h9-12H,5-8H2,1-4H3;1-2,5,7H,3-4,6,8H2;;/q;;-1;. The third-order valence-corrected chi connectivity index (χ3v) is 14.0. The molecule has 4 rings (SSSR count). The first-order valence-electron chi connectivity index (χ1n) is 12.4. The number of rotatable bonds is 2. The fourth-order valence-electron chi connectivity index (χ4n) is 5.23. The molecule has 2 fully saturated rings. The molecule has 0 nitrogen and oxygen atoms in total. The van der Waals surface area contributed by atoms with Crippen molar-refractivity contribution in [1.29, 1.82) is 0 Å². The zero-order chi connectivity index (χ0) is 26.6. The van der Waals surface area contributed by atoms with Crippen LogP contribution in [0.15, 0.2) is 34.9 Å². The molecule has 0 saturated carbocycles. The Morgan fingerprint density at radius 1 is 0.639 bits per heavy atom. The van der Waals surface area contributed by atoms with E-state index in [1.165, 1.54) is 19.3 Å². The van der Waals surface area contributed by atoms with Crippen molar-refractivity contribution < 1.29 is 54.3 Å². The Morgan fingerprint density at radius 3 is 1.19 bits per heavy atom. The average Bonchev–Trinajstić information content (AvgIpc) is 3.19. The Balaban J connectivity index is 0.000000383. The van der Waals surface area contributed by atoms with E-state index in [4.69, 9.17) is 0 Å². The first-order valence-corrected chi connectivity index (χ1v) is 15.3. The van der Waals surface area contributed by atoms with Gasteiger partial charge < -0.3 is 17.3 Å². The van der Waals surface area contributed by atoms with Gasteiger partial charge in [-0.1, -0.05) is 67.8 Å². The molecule has 2 aliphatic carbocycles. The largest absolute Gasteiger partial charge is 0.673 e. The van der Waals surface area contributed by atoms with E-state index in [0.717, 1.165) is 32.1 Å². The van der Waals surface area contributed by atoms with E-state index in [9.17, 15) is 34.8 Å². The van der Waals surface area contributed by atoms with E-state index in [1.807, 2.05) is 27.7 Å². The average molecular weight is 652 g/mol. The maximum atomic E-state index is 14.4. The molecule has 12 heteroatoms. The van der Waals surface area contributed by atoms with Crippen LogP contribution in [0.5, 0.6) is 0 Å². The van der Waals surface area contributed by atoms with Crippen molar-refractivity contribution in [1.82, 2.24) is 0 Å². The van der Waals surface area contributed by atoms with Gasteiger partial charge in [0.15, 0.2) is 0 Å². The summed E-state index contributed by atoms with van der Waals surface area (Å²) in [6, 6.07) is 0. The van der Waals surface area contributed by atoms with E-state index in [1.54, 1.807) is 0 Å². The summed E-state index contributed by atoms with van der Waals surface area (Å²) in [5, 5.41) is -0.173. The van der Waals surface area contributed by atoms with Gasteiger partial charge >= 0.3 is 19.1 Å². The number of halogens is 8. The van der Waals surface area contributed by atoms with Gasteiger partial charge in [-0.25, -0.2) is 0 Å². The van der Waals surface area contributed by atoms with Gasteiger partial charge in [0.05, 0.1) is 0 Å². The van der Waals surface area contributed by atoms with Gasteiger partial charge in [-0.05, 0) is 74.0 Å². The van der Waals surface area contributed by atoms with Crippen LogP contribution in [0.25, 0.3) is 0 Å². The molecule has 0 aromatic heterocycles. The van der Waals surface area contributed by atoms with Crippen molar-refractivity contribution in [2.75, 3.05) is 0 Å². The summed E-state index contributed by atoms with van der Waals surface area (Å²) in [5.41, 5.74) is 0.612. The number of alkyl halides is 4. The molecular weight excluding hydrogens is 616 g/mol. The van der Waals surface area contributed by atoms with Crippen LogP contribution in [-0.4, -0.2) is 41.7 Å². The fraction of sp³-hybridized carbons (Fsp3) is 0.750. The molecule has 0 amide bonds. The van der Waals surface area contributed by atoms with Crippen LogP contribution in [0.2, 0.25) is 0 Å². The van der Waals surface area contributed by atoms with E-state index in [-0.39, 0.29) is 52.7 Å². The molecule has 0 bridgehead atoms. The minimum absolute atomic E-state index is 0. The molecule has 2 aliphatic heterocycles. The van der Waals surface area contributed by atoms with Gasteiger partial charge in [0.25, 0.3) is 0 Å². The SMILES string of the molecule is C1=CCCCC=CC1.CC1CCC(C)P1C1=C(P2C(C)CCC2C)C(F)(F)C1(F)F.F[B-](F)(F)F.[Rh]. The van der Waals surface area contributed by atoms with Crippen LogP contribution in [0.4, 0.5) is 34.8 Å². The Morgan fingerprint density at radius 2 is 0.917 bits per heavy atom. The summed E-state index contributed by atoms with van der Waals surface area (Å²) >= 11 is 0. The maximum absolute atomic E-state index is 14.4. The predicted octanol–water partition coefficient (Wildman–Crippen LogP) is 10.6. The van der Waals surface area contributed by atoms with Crippen molar-refractivity contribution >= 4 is 23.1 Å². The van der Waals surface area contributed by atoms with Crippen molar-refractivity contribution in [3.8, 4) is 0 Å². The van der Waals surface area contributed by atoms with E-state index >= 15 is 0 Å². The molecule has 2 heterocycles. The first kappa shape index (κ1) is 34.2. The molecule has 4 atom stereocenters. The number of hydrogen-bond donors (Lipinski definition) is 0. The van der Waals surface area contributed by atoms with Crippen LogP contribution >= 0.6 is 15.8 Å². The van der Waals surface area contributed by atoms with Crippen molar-refractivity contribution in [2.45, 2.75) is 114 Å². The Hall–Kier alpha value is 0.208. The quantitative estimate of drug-likeness (QED) is 0.121. The molecule has 1 radical (unpaired) electrons. The third kappa shape index (κ3) is 8.35. The second-order valence-corrected chi connectivity index (χ2v) is 15.9. The maximum Gasteiger partial charge on any atom is 0.673 e.